The Labute approximate surface area is 198 Å². The van der Waals surface area contributed by atoms with Crippen molar-refractivity contribution in [3.8, 4) is 0 Å². The number of hydrogen-bond acceptors (Lipinski definition) is 7. The Morgan fingerprint density at radius 2 is 1.53 bits per heavy atom. The Morgan fingerprint density at radius 1 is 0.882 bits per heavy atom. The first kappa shape index (κ1) is 28.5. The summed E-state index contributed by atoms with van der Waals surface area (Å²) in [5, 5.41) is 16.1. The standard InChI is InChI=1S/C22H34N6O6/c23-11-5-4-8-15(24)20(32)27-16(9-10-18(25)29)22(34)28-17(21(33)26-13-19(30)31)12-14-6-2-1-3-7-14/h1-3,6-7,15-17H,4-5,8-13,23-24H2,(H2,25,29)(H,26,33)(H,27,32)(H,28,34)(H,30,31). The number of unbranched alkanes of at least 4 members (excludes halogenated alkanes) is 1. The topological polar surface area (TPSA) is 220 Å². The lowest BCUT2D eigenvalue weighted by atomic mass is 10.0. The summed E-state index contributed by atoms with van der Waals surface area (Å²) in [7, 11) is 0. The maximum atomic E-state index is 13.0. The molecular weight excluding hydrogens is 444 g/mol. The fourth-order valence-corrected chi connectivity index (χ4v) is 3.09. The van der Waals surface area contributed by atoms with Crippen LogP contribution in [0.2, 0.25) is 0 Å². The van der Waals surface area contributed by atoms with Gasteiger partial charge in [-0.15, -0.1) is 0 Å². The molecule has 0 aliphatic rings. The summed E-state index contributed by atoms with van der Waals surface area (Å²) in [4.78, 5) is 60.1. The molecule has 0 aromatic heterocycles. The number of benzene rings is 1. The summed E-state index contributed by atoms with van der Waals surface area (Å²) < 4.78 is 0. The minimum atomic E-state index is -1.24. The number of nitrogens with two attached hydrogens (primary N) is 3. The normalized spacial score (nSPS) is 13.2. The van der Waals surface area contributed by atoms with Crippen molar-refractivity contribution in [1.82, 2.24) is 16.0 Å². The molecule has 12 nitrogen and oxygen atoms in total. The molecule has 4 amide bonds. The zero-order chi connectivity index (χ0) is 25.5. The van der Waals surface area contributed by atoms with Gasteiger partial charge < -0.3 is 38.3 Å². The highest BCUT2D eigenvalue weighted by molar-refractivity contribution is 5.94. The van der Waals surface area contributed by atoms with Gasteiger partial charge in [0.1, 0.15) is 18.6 Å². The lowest BCUT2D eigenvalue weighted by Crippen LogP contribution is -2.56. The van der Waals surface area contributed by atoms with Crippen LogP contribution in [-0.4, -0.2) is 65.9 Å². The molecule has 0 radical (unpaired) electrons. The highest BCUT2D eigenvalue weighted by Crippen LogP contribution is 2.06. The number of hydrogen-bond donors (Lipinski definition) is 7. The van der Waals surface area contributed by atoms with E-state index in [1.165, 1.54) is 0 Å². The van der Waals surface area contributed by atoms with E-state index in [9.17, 15) is 24.0 Å². The van der Waals surface area contributed by atoms with E-state index >= 15 is 0 Å². The smallest absolute Gasteiger partial charge is 0.322 e. The fraction of sp³-hybridized carbons (Fsp3) is 0.500. The van der Waals surface area contributed by atoms with Crippen LogP contribution in [0.3, 0.4) is 0 Å². The molecule has 0 aliphatic carbocycles. The van der Waals surface area contributed by atoms with Crippen LogP contribution in [0.1, 0.15) is 37.7 Å². The van der Waals surface area contributed by atoms with Gasteiger partial charge in [-0.2, -0.15) is 0 Å². The van der Waals surface area contributed by atoms with Crippen molar-refractivity contribution in [2.24, 2.45) is 17.2 Å². The molecule has 1 rings (SSSR count). The van der Waals surface area contributed by atoms with Crippen LogP contribution in [0.15, 0.2) is 30.3 Å². The summed E-state index contributed by atoms with van der Waals surface area (Å²) in [6, 6.07) is 5.61. The summed E-state index contributed by atoms with van der Waals surface area (Å²) >= 11 is 0. The number of carbonyl (C=O) groups excluding carboxylic acids is 4. The van der Waals surface area contributed by atoms with Gasteiger partial charge in [0.15, 0.2) is 0 Å². The van der Waals surface area contributed by atoms with Crippen molar-refractivity contribution in [1.29, 1.82) is 0 Å². The molecule has 34 heavy (non-hydrogen) atoms. The summed E-state index contributed by atoms with van der Waals surface area (Å²) in [5.74, 6) is -3.93. The van der Waals surface area contributed by atoms with E-state index < -0.39 is 54.3 Å². The van der Waals surface area contributed by atoms with Gasteiger partial charge in [-0.1, -0.05) is 36.8 Å². The van der Waals surface area contributed by atoms with Gasteiger partial charge in [0.05, 0.1) is 6.04 Å². The monoisotopic (exact) mass is 478 g/mol. The quantitative estimate of drug-likeness (QED) is 0.133. The number of carboxylic acids is 1. The van der Waals surface area contributed by atoms with Crippen LogP contribution in [0, 0.1) is 0 Å². The molecule has 0 fully saturated rings. The first-order valence-corrected chi connectivity index (χ1v) is 11.0. The van der Waals surface area contributed by atoms with Crippen LogP contribution in [0.25, 0.3) is 0 Å². The van der Waals surface area contributed by atoms with Crippen molar-refractivity contribution in [2.45, 2.75) is 56.7 Å². The third-order valence-electron chi connectivity index (χ3n) is 4.95. The second-order valence-corrected chi connectivity index (χ2v) is 7.82. The van der Waals surface area contributed by atoms with E-state index in [2.05, 4.69) is 16.0 Å². The molecule has 0 saturated carbocycles. The number of aliphatic carboxylic acids is 1. The van der Waals surface area contributed by atoms with Gasteiger partial charge in [0.2, 0.25) is 23.6 Å². The second-order valence-electron chi connectivity index (χ2n) is 7.82. The Balaban J connectivity index is 2.95. The maximum absolute atomic E-state index is 13.0. The minimum Gasteiger partial charge on any atom is -0.480 e. The van der Waals surface area contributed by atoms with E-state index in [4.69, 9.17) is 22.3 Å². The van der Waals surface area contributed by atoms with Crippen molar-refractivity contribution >= 4 is 29.6 Å². The van der Waals surface area contributed by atoms with Crippen molar-refractivity contribution in [3.05, 3.63) is 35.9 Å². The first-order valence-electron chi connectivity index (χ1n) is 11.0. The maximum Gasteiger partial charge on any atom is 0.322 e. The van der Waals surface area contributed by atoms with Gasteiger partial charge in [-0.05, 0) is 31.4 Å². The molecule has 1 aromatic carbocycles. The van der Waals surface area contributed by atoms with E-state index in [0.29, 0.717) is 25.8 Å². The highest BCUT2D eigenvalue weighted by Gasteiger charge is 2.28. The molecule has 3 atom stereocenters. The number of amides is 4. The second kappa shape index (κ2) is 15.3. The Hall–Kier alpha value is -3.51. The van der Waals surface area contributed by atoms with E-state index in [1.54, 1.807) is 30.3 Å². The van der Waals surface area contributed by atoms with E-state index in [1.807, 2.05) is 0 Å². The van der Waals surface area contributed by atoms with Gasteiger partial charge in [0, 0.05) is 12.8 Å². The minimum absolute atomic E-state index is 0.0765. The Bertz CT molecular complexity index is 834. The molecule has 12 heteroatoms. The molecule has 188 valence electrons. The lowest BCUT2D eigenvalue weighted by Gasteiger charge is -2.24. The SMILES string of the molecule is NCCCCC(N)C(=O)NC(CCC(N)=O)C(=O)NC(Cc1ccccc1)C(=O)NCC(=O)O. The zero-order valence-electron chi connectivity index (χ0n) is 19.0. The molecule has 1 aromatic rings. The largest absolute Gasteiger partial charge is 0.480 e. The number of nitrogens with one attached hydrogen (secondary N) is 3. The number of carbonyl (C=O) groups is 5. The molecule has 10 N–H and O–H groups in total. The summed E-state index contributed by atoms with van der Waals surface area (Å²) in [6.07, 6.45) is 1.48. The molecule has 0 heterocycles. The predicted octanol–water partition coefficient (Wildman–Crippen LogP) is -1.88. The van der Waals surface area contributed by atoms with Crippen LogP contribution >= 0.6 is 0 Å². The molecular formula is C22H34N6O6. The van der Waals surface area contributed by atoms with Crippen LogP contribution in [0.4, 0.5) is 0 Å². The Kier molecular flexibility index (Phi) is 12.9. The predicted molar refractivity (Wildman–Crippen MR) is 124 cm³/mol. The molecule has 0 saturated heterocycles. The van der Waals surface area contributed by atoms with E-state index in [-0.39, 0.29) is 19.3 Å². The van der Waals surface area contributed by atoms with Crippen LogP contribution in [0.5, 0.6) is 0 Å². The summed E-state index contributed by atoms with van der Waals surface area (Å²) in [5.41, 5.74) is 17.2. The number of primary amides is 1. The average molecular weight is 479 g/mol. The first-order chi connectivity index (χ1) is 16.1. The van der Waals surface area contributed by atoms with Crippen molar-refractivity contribution in [2.75, 3.05) is 13.1 Å². The average Bonchev–Trinajstić information content (AvgIpc) is 2.80. The fourth-order valence-electron chi connectivity index (χ4n) is 3.09. The highest BCUT2D eigenvalue weighted by atomic mass is 16.4. The Morgan fingerprint density at radius 3 is 2.12 bits per heavy atom. The van der Waals surface area contributed by atoms with Gasteiger partial charge >= 0.3 is 5.97 Å². The zero-order valence-corrected chi connectivity index (χ0v) is 19.0. The summed E-state index contributed by atoms with van der Waals surface area (Å²) in [6.45, 7) is -0.162. The lowest BCUT2D eigenvalue weighted by molar-refractivity contribution is -0.138. The van der Waals surface area contributed by atoms with Gasteiger partial charge in [-0.3, -0.25) is 24.0 Å². The molecule has 0 aliphatic heterocycles. The van der Waals surface area contributed by atoms with Crippen LogP contribution < -0.4 is 33.2 Å². The van der Waals surface area contributed by atoms with Crippen LogP contribution in [-0.2, 0) is 30.4 Å². The molecule has 3 unspecified atom stereocenters. The van der Waals surface area contributed by atoms with Crippen molar-refractivity contribution in [3.63, 3.8) is 0 Å². The van der Waals surface area contributed by atoms with Gasteiger partial charge in [0.25, 0.3) is 0 Å². The number of rotatable bonds is 16. The molecule has 0 spiro atoms. The van der Waals surface area contributed by atoms with Crippen molar-refractivity contribution < 1.29 is 29.1 Å². The third-order valence-corrected chi connectivity index (χ3v) is 4.95. The van der Waals surface area contributed by atoms with Gasteiger partial charge in [-0.25, -0.2) is 0 Å². The number of carboxylic acid groups (broad SMARTS) is 1. The third kappa shape index (κ3) is 11.4. The molecule has 0 bridgehead atoms. The van der Waals surface area contributed by atoms with E-state index in [0.717, 1.165) is 5.56 Å².